The molecule has 5 rings (SSSR count). The van der Waals surface area contributed by atoms with Crippen LogP contribution in [0.3, 0.4) is 0 Å². The number of benzene rings is 1. The number of aromatic nitrogens is 3. The van der Waals surface area contributed by atoms with Gasteiger partial charge in [-0.25, -0.2) is 19.3 Å². The summed E-state index contributed by atoms with van der Waals surface area (Å²) < 4.78 is 14.1. The first kappa shape index (κ1) is 15.7. The molecular weight excluding hydrogens is 355 g/mol. The molecule has 0 amide bonds. The van der Waals surface area contributed by atoms with E-state index in [9.17, 15) is 4.39 Å². The van der Waals surface area contributed by atoms with Crippen molar-refractivity contribution in [2.75, 3.05) is 29.9 Å². The van der Waals surface area contributed by atoms with Gasteiger partial charge in [0.2, 0.25) is 0 Å². The number of hydrogen-bond acceptors (Lipinski definition) is 6. The van der Waals surface area contributed by atoms with Gasteiger partial charge in [0.15, 0.2) is 5.82 Å². The van der Waals surface area contributed by atoms with Crippen molar-refractivity contribution in [1.29, 1.82) is 0 Å². The van der Waals surface area contributed by atoms with Crippen molar-refractivity contribution in [3.05, 3.63) is 47.5 Å². The van der Waals surface area contributed by atoms with Crippen LogP contribution in [-0.2, 0) is 0 Å². The number of halogens is 2. The molecule has 2 aliphatic heterocycles. The highest BCUT2D eigenvalue weighted by molar-refractivity contribution is 6.30. The average molecular weight is 371 g/mol. The Bertz CT molecular complexity index is 998. The largest absolute Gasteiger partial charge is 0.353 e. The quantitative estimate of drug-likeness (QED) is 0.738. The van der Waals surface area contributed by atoms with Crippen molar-refractivity contribution >= 4 is 40.0 Å². The summed E-state index contributed by atoms with van der Waals surface area (Å²) in [5.74, 6) is 0.905. The third kappa shape index (κ3) is 2.55. The van der Waals surface area contributed by atoms with Gasteiger partial charge in [0.05, 0.1) is 16.7 Å². The predicted octanol–water partition coefficient (Wildman–Crippen LogP) is 3.11. The summed E-state index contributed by atoms with van der Waals surface area (Å²) in [6, 6.07) is 8.35. The summed E-state index contributed by atoms with van der Waals surface area (Å²) in [6.45, 7) is 3.00. The van der Waals surface area contributed by atoms with Gasteiger partial charge in [0.25, 0.3) is 0 Å². The Hall–Kier alpha value is -2.51. The van der Waals surface area contributed by atoms with Crippen molar-refractivity contribution in [3.63, 3.8) is 0 Å². The van der Waals surface area contributed by atoms with E-state index in [0.717, 1.165) is 25.5 Å². The number of rotatable bonds is 3. The molecule has 3 aromatic rings. The van der Waals surface area contributed by atoms with E-state index in [0.29, 0.717) is 27.6 Å². The Morgan fingerprint density at radius 2 is 2.04 bits per heavy atom. The fourth-order valence-corrected chi connectivity index (χ4v) is 3.67. The van der Waals surface area contributed by atoms with E-state index in [1.807, 2.05) is 12.1 Å². The first-order valence-corrected chi connectivity index (χ1v) is 8.84. The second-order valence-corrected chi connectivity index (χ2v) is 7.26. The highest BCUT2D eigenvalue weighted by atomic mass is 35.5. The number of nitrogens with zero attached hydrogens (tertiary/aromatic N) is 4. The minimum Gasteiger partial charge on any atom is -0.353 e. The van der Waals surface area contributed by atoms with Crippen molar-refractivity contribution in [1.82, 2.24) is 20.3 Å². The van der Waals surface area contributed by atoms with Crippen LogP contribution < -0.4 is 15.5 Å². The highest BCUT2D eigenvalue weighted by Gasteiger charge is 2.47. The van der Waals surface area contributed by atoms with Gasteiger partial charge in [-0.1, -0.05) is 11.6 Å². The average Bonchev–Trinajstić information content (AvgIpc) is 2.55. The normalized spacial score (nSPS) is 17.8. The van der Waals surface area contributed by atoms with Crippen LogP contribution in [0.15, 0.2) is 36.7 Å². The highest BCUT2D eigenvalue weighted by Crippen LogP contribution is 2.34. The molecule has 2 aliphatic rings. The summed E-state index contributed by atoms with van der Waals surface area (Å²) in [5, 5.41) is 6.84. The van der Waals surface area contributed by atoms with E-state index in [4.69, 9.17) is 16.6 Å². The van der Waals surface area contributed by atoms with E-state index in [2.05, 4.69) is 25.5 Å². The summed E-state index contributed by atoms with van der Waals surface area (Å²) in [4.78, 5) is 15.5. The van der Waals surface area contributed by atoms with Gasteiger partial charge in [0.1, 0.15) is 23.5 Å². The third-order valence-electron chi connectivity index (χ3n) is 5.07. The lowest BCUT2D eigenvalue weighted by molar-refractivity contribution is 0.159. The zero-order valence-corrected chi connectivity index (χ0v) is 14.6. The standard InChI is InChI=1S/C18H16ClFN6/c19-11-1-2-13(12(20)7-11)24-17-16-14(21-10-22-17)3-4-15(25-16)26-8-18(9-26)5-6-23-18/h1-4,7,10,23H,5-6,8-9H2,(H,21,22,24). The SMILES string of the molecule is Fc1cc(Cl)ccc1Nc1ncnc2ccc(N3CC4(CCN4)C3)nc12. The molecule has 1 aromatic carbocycles. The Morgan fingerprint density at radius 1 is 1.19 bits per heavy atom. The third-order valence-corrected chi connectivity index (χ3v) is 5.30. The van der Waals surface area contributed by atoms with Crippen LogP contribution in [0.2, 0.25) is 5.02 Å². The Labute approximate surface area is 154 Å². The van der Waals surface area contributed by atoms with E-state index < -0.39 is 5.82 Å². The molecule has 0 saturated carbocycles. The zero-order chi connectivity index (χ0) is 17.7. The van der Waals surface area contributed by atoms with Crippen LogP contribution in [0.4, 0.5) is 21.7 Å². The molecule has 6 nitrogen and oxygen atoms in total. The van der Waals surface area contributed by atoms with Crippen LogP contribution in [-0.4, -0.2) is 40.1 Å². The van der Waals surface area contributed by atoms with Crippen molar-refractivity contribution in [2.24, 2.45) is 0 Å². The van der Waals surface area contributed by atoms with E-state index in [1.165, 1.54) is 18.8 Å². The van der Waals surface area contributed by atoms with Crippen molar-refractivity contribution < 1.29 is 4.39 Å². The smallest absolute Gasteiger partial charge is 0.160 e. The van der Waals surface area contributed by atoms with Crippen LogP contribution >= 0.6 is 11.6 Å². The molecule has 2 saturated heterocycles. The molecule has 1 spiro atoms. The van der Waals surface area contributed by atoms with Gasteiger partial charge in [-0.05, 0) is 43.3 Å². The minimum atomic E-state index is -0.443. The van der Waals surface area contributed by atoms with Gasteiger partial charge >= 0.3 is 0 Å². The zero-order valence-electron chi connectivity index (χ0n) is 13.8. The summed E-state index contributed by atoms with van der Waals surface area (Å²) in [7, 11) is 0. The van der Waals surface area contributed by atoms with Gasteiger partial charge in [-0.3, -0.25) is 0 Å². The molecule has 0 aliphatic carbocycles. The first-order chi connectivity index (χ1) is 12.6. The number of anilines is 3. The molecule has 132 valence electrons. The Balaban J connectivity index is 1.48. The second kappa shape index (κ2) is 5.75. The van der Waals surface area contributed by atoms with Gasteiger partial charge < -0.3 is 15.5 Å². The lowest BCUT2D eigenvalue weighted by Gasteiger charge is -2.56. The van der Waals surface area contributed by atoms with Gasteiger partial charge in [0, 0.05) is 18.1 Å². The maximum Gasteiger partial charge on any atom is 0.160 e. The summed E-state index contributed by atoms with van der Waals surface area (Å²) >= 11 is 5.82. The fourth-order valence-electron chi connectivity index (χ4n) is 3.51. The van der Waals surface area contributed by atoms with E-state index >= 15 is 0 Å². The van der Waals surface area contributed by atoms with Crippen molar-refractivity contribution in [2.45, 2.75) is 12.0 Å². The number of pyridine rings is 1. The lowest BCUT2D eigenvalue weighted by Crippen LogP contribution is -2.76. The van der Waals surface area contributed by atoms with Crippen LogP contribution in [0.1, 0.15) is 6.42 Å². The summed E-state index contributed by atoms with van der Waals surface area (Å²) in [6.07, 6.45) is 2.65. The number of nitrogens with one attached hydrogen (secondary N) is 2. The van der Waals surface area contributed by atoms with Crippen LogP contribution in [0, 0.1) is 5.82 Å². The molecule has 2 N–H and O–H groups in total. The lowest BCUT2D eigenvalue weighted by atomic mass is 9.80. The van der Waals surface area contributed by atoms with Gasteiger partial charge in [-0.15, -0.1) is 0 Å². The number of hydrogen-bond donors (Lipinski definition) is 2. The molecule has 2 aromatic heterocycles. The molecule has 8 heteroatoms. The molecular formula is C18H16ClFN6. The summed E-state index contributed by atoms with van der Waals surface area (Å²) in [5.41, 5.74) is 1.89. The minimum absolute atomic E-state index is 0.275. The molecule has 26 heavy (non-hydrogen) atoms. The molecule has 0 radical (unpaired) electrons. The monoisotopic (exact) mass is 370 g/mol. The molecule has 2 fully saturated rings. The van der Waals surface area contributed by atoms with E-state index in [-0.39, 0.29) is 5.54 Å². The van der Waals surface area contributed by atoms with Crippen LogP contribution in [0.5, 0.6) is 0 Å². The first-order valence-electron chi connectivity index (χ1n) is 8.46. The Kier molecular flexibility index (Phi) is 3.48. The van der Waals surface area contributed by atoms with Gasteiger partial charge in [-0.2, -0.15) is 0 Å². The molecule has 4 heterocycles. The number of fused-ring (bicyclic) bond motifs is 1. The maximum absolute atomic E-state index is 14.1. The molecule has 0 atom stereocenters. The predicted molar refractivity (Wildman–Crippen MR) is 99.6 cm³/mol. The molecule has 0 unspecified atom stereocenters. The second-order valence-electron chi connectivity index (χ2n) is 6.82. The Morgan fingerprint density at radius 3 is 2.77 bits per heavy atom. The van der Waals surface area contributed by atoms with Crippen molar-refractivity contribution in [3.8, 4) is 0 Å². The fraction of sp³-hybridized carbons (Fsp3) is 0.278. The maximum atomic E-state index is 14.1. The topological polar surface area (TPSA) is 66.0 Å². The van der Waals surface area contributed by atoms with Crippen LogP contribution in [0.25, 0.3) is 11.0 Å². The molecule has 0 bridgehead atoms. The van der Waals surface area contributed by atoms with E-state index in [1.54, 1.807) is 12.1 Å².